The van der Waals surface area contributed by atoms with E-state index in [1.54, 1.807) is 11.8 Å². The summed E-state index contributed by atoms with van der Waals surface area (Å²) in [6.07, 6.45) is 2.68. The molecule has 1 aromatic rings. The SMILES string of the molecule is CC(C)(C)SCC(=O)CCCc1ccccc1. The summed E-state index contributed by atoms with van der Waals surface area (Å²) in [4.78, 5) is 11.7. The van der Waals surface area contributed by atoms with Crippen LogP contribution in [0.3, 0.4) is 0 Å². The van der Waals surface area contributed by atoms with Gasteiger partial charge in [0.15, 0.2) is 0 Å². The van der Waals surface area contributed by atoms with Gasteiger partial charge in [-0.2, -0.15) is 0 Å². The molecule has 0 aliphatic rings. The zero-order valence-electron chi connectivity index (χ0n) is 11.0. The van der Waals surface area contributed by atoms with Crippen molar-refractivity contribution in [3.05, 3.63) is 35.9 Å². The molecule has 0 fully saturated rings. The highest BCUT2D eigenvalue weighted by atomic mass is 32.2. The van der Waals surface area contributed by atoms with Crippen LogP contribution in [0.25, 0.3) is 0 Å². The number of carbonyl (C=O) groups excluding carboxylic acids is 1. The molecule has 0 aliphatic heterocycles. The molecular weight excluding hydrogens is 228 g/mol. The Labute approximate surface area is 109 Å². The van der Waals surface area contributed by atoms with E-state index in [-0.39, 0.29) is 4.75 Å². The maximum Gasteiger partial charge on any atom is 0.142 e. The Morgan fingerprint density at radius 2 is 1.82 bits per heavy atom. The molecule has 0 unspecified atom stereocenters. The van der Waals surface area contributed by atoms with E-state index >= 15 is 0 Å². The van der Waals surface area contributed by atoms with Crippen LogP contribution >= 0.6 is 11.8 Å². The first-order valence-corrected chi connectivity index (χ1v) is 7.15. The van der Waals surface area contributed by atoms with E-state index in [1.807, 2.05) is 18.2 Å². The van der Waals surface area contributed by atoms with Gasteiger partial charge in [-0.1, -0.05) is 51.1 Å². The summed E-state index contributed by atoms with van der Waals surface area (Å²) in [5, 5.41) is 0. The summed E-state index contributed by atoms with van der Waals surface area (Å²) in [5.41, 5.74) is 1.32. The molecule has 1 aromatic carbocycles. The van der Waals surface area contributed by atoms with Gasteiger partial charge in [0.1, 0.15) is 5.78 Å². The minimum atomic E-state index is 0.190. The van der Waals surface area contributed by atoms with Crippen LogP contribution in [0.4, 0.5) is 0 Å². The van der Waals surface area contributed by atoms with Gasteiger partial charge >= 0.3 is 0 Å². The summed E-state index contributed by atoms with van der Waals surface area (Å²) in [6.45, 7) is 6.44. The molecule has 0 heterocycles. The predicted molar refractivity (Wildman–Crippen MR) is 76.6 cm³/mol. The molecule has 0 atom stereocenters. The topological polar surface area (TPSA) is 17.1 Å². The van der Waals surface area contributed by atoms with Gasteiger partial charge in [0.2, 0.25) is 0 Å². The molecule has 0 N–H and O–H groups in total. The van der Waals surface area contributed by atoms with Crippen LogP contribution in [-0.2, 0) is 11.2 Å². The molecule has 1 rings (SSSR count). The van der Waals surface area contributed by atoms with Crippen LogP contribution in [0.15, 0.2) is 30.3 Å². The fourth-order valence-corrected chi connectivity index (χ4v) is 2.24. The number of aryl methyl sites for hydroxylation is 1. The van der Waals surface area contributed by atoms with Crippen LogP contribution in [-0.4, -0.2) is 16.3 Å². The molecule has 94 valence electrons. The second-order valence-electron chi connectivity index (χ2n) is 5.28. The normalized spacial score (nSPS) is 11.5. The molecule has 2 heteroatoms. The van der Waals surface area contributed by atoms with E-state index in [0.717, 1.165) is 12.8 Å². The van der Waals surface area contributed by atoms with E-state index in [0.29, 0.717) is 18.0 Å². The maximum absolute atomic E-state index is 11.7. The van der Waals surface area contributed by atoms with Crippen molar-refractivity contribution in [2.45, 2.75) is 44.8 Å². The van der Waals surface area contributed by atoms with Crippen LogP contribution in [0.5, 0.6) is 0 Å². The predicted octanol–water partition coefficient (Wildman–Crippen LogP) is 4.11. The van der Waals surface area contributed by atoms with Crippen molar-refractivity contribution in [1.82, 2.24) is 0 Å². The van der Waals surface area contributed by atoms with Gasteiger partial charge in [0, 0.05) is 11.2 Å². The largest absolute Gasteiger partial charge is 0.299 e. The lowest BCUT2D eigenvalue weighted by Gasteiger charge is -2.16. The van der Waals surface area contributed by atoms with E-state index in [4.69, 9.17) is 0 Å². The number of hydrogen-bond donors (Lipinski definition) is 0. The minimum Gasteiger partial charge on any atom is -0.299 e. The van der Waals surface area contributed by atoms with E-state index in [1.165, 1.54) is 5.56 Å². The van der Waals surface area contributed by atoms with Gasteiger partial charge in [-0.15, -0.1) is 11.8 Å². The summed E-state index contributed by atoms with van der Waals surface area (Å²) in [7, 11) is 0. The summed E-state index contributed by atoms with van der Waals surface area (Å²) in [6, 6.07) is 10.4. The Hall–Kier alpha value is -0.760. The fraction of sp³-hybridized carbons (Fsp3) is 0.533. The van der Waals surface area contributed by atoms with Gasteiger partial charge < -0.3 is 0 Å². The van der Waals surface area contributed by atoms with E-state index < -0.39 is 0 Å². The molecular formula is C15H22OS. The zero-order valence-corrected chi connectivity index (χ0v) is 11.8. The highest BCUT2D eigenvalue weighted by Gasteiger charge is 2.12. The molecule has 0 radical (unpaired) electrons. The molecule has 0 spiro atoms. The van der Waals surface area contributed by atoms with Crippen molar-refractivity contribution in [2.75, 3.05) is 5.75 Å². The van der Waals surface area contributed by atoms with Crippen molar-refractivity contribution in [3.63, 3.8) is 0 Å². The lowest BCUT2D eigenvalue weighted by Crippen LogP contribution is -2.12. The molecule has 1 nitrogen and oxygen atoms in total. The number of carbonyl (C=O) groups is 1. The van der Waals surface area contributed by atoms with Crippen LogP contribution < -0.4 is 0 Å². The number of thioether (sulfide) groups is 1. The van der Waals surface area contributed by atoms with Crippen molar-refractivity contribution in [2.24, 2.45) is 0 Å². The van der Waals surface area contributed by atoms with Crippen molar-refractivity contribution in [1.29, 1.82) is 0 Å². The zero-order chi connectivity index (χ0) is 12.7. The molecule has 0 saturated heterocycles. The van der Waals surface area contributed by atoms with Crippen LogP contribution in [0.2, 0.25) is 0 Å². The lowest BCUT2D eigenvalue weighted by atomic mass is 10.1. The smallest absolute Gasteiger partial charge is 0.142 e. The summed E-state index contributed by atoms with van der Waals surface area (Å²) >= 11 is 1.74. The van der Waals surface area contributed by atoms with Gasteiger partial charge in [-0.25, -0.2) is 0 Å². The van der Waals surface area contributed by atoms with Crippen molar-refractivity contribution in [3.8, 4) is 0 Å². The Kier molecular flexibility index (Phi) is 5.76. The monoisotopic (exact) mass is 250 g/mol. The summed E-state index contributed by atoms with van der Waals surface area (Å²) < 4.78 is 0.190. The third-order valence-corrected chi connectivity index (χ3v) is 3.76. The third kappa shape index (κ3) is 7.22. The average molecular weight is 250 g/mol. The number of benzene rings is 1. The quantitative estimate of drug-likeness (QED) is 0.756. The molecule has 0 saturated carbocycles. The third-order valence-electron chi connectivity index (χ3n) is 2.43. The van der Waals surface area contributed by atoms with Crippen LogP contribution in [0.1, 0.15) is 39.2 Å². The second kappa shape index (κ2) is 6.85. The fourth-order valence-electron chi connectivity index (χ4n) is 1.50. The first kappa shape index (κ1) is 14.3. The number of Topliss-reactive ketones (excluding diaryl/α,β-unsaturated/α-hetero) is 1. The van der Waals surface area contributed by atoms with Crippen LogP contribution in [0, 0.1) is 0 Å². The van der Waals surface area contributed by atoms with Gasteiger partial charge in [-0.3, -0.25) is 4.79 Å². The van der Waals surface area contributed by atoms with E-state index in [9.17, 15) is 4.79 Å². The van der Waals surface area contributed by atoms with Gasteiger partial charge in [0.25, 0.3) is 0 Å². The minimum absolute atomic E-state index is 0.190. The first-order valence-electron chi connectivity index (χ1n) is 6.17. The second-order valence-corrected chi connectivity index (χ2v) is 7.08. The number of hydrogen-bond acceptors (Lipinski definition) is 2. The Balaban J connectivity index is 2.17. The van der Waals surface area contributed by atoms with Crippen molar-refractivity contribution >= 4 is 17.5 Å². The highest BCUT2D eigenvalue weighted by Crippen LogP contribution is 2.23. The van der Waals surface area contributed by atoms with Gasteiger partial charge in [-0.05, 0) is 18.4 Å². The average Bonchev–Trinajstić information content (AvgIpc) is 2.27. The molecule has 0 aromatic heterocycles. The first-order chi connectivity index (χ1) is 7.97. The van der Waals surface area contributed by atoms with Gasteiger partial charge in [0.05, 0.1) is 5.75 Å². The standard InChI is InChI=1S/C15H22OS/c1-15(2,3)17-12-14(16)11-7-10-13-8-5-4-6-9-13/h4-6,8-9H,7,10-12H2,1-3H3. The molecule has 17 heavy (non-hydrogen) atoms. The summed E-state index contributed by atoms with van der Waals surface area (Å²) in [5.74, 6) is 1.03. The maximum atomic E-state index is 11.7. The highest BCUT2D eigenvalue weighted by molar-refractivity contribution is 8.01. The molecule has 0 amide bonds. The Morgan fingerprint density at radius 1 is 1.18 bits per heavy atom. The van der Waals surface area contributed by atoms with E-state index in [2.05, 4.69) is 32.9 Å². The molecule has 0 bridgehead atoms. The Bertz CT molecular complexity index is 338. The number of rotatable bonds is 6. The molecule has 0 aliphatic carbocycles. The Morgan fingerprint density at radius 3 is 2.41 bits per heavy atom. The lowest BCUT2D eigenvalue weighted by molar-refractivity contribution is -0.116. The number of ketones is 1. The van der Waals surface area contributed by atoms with Crippen molar-refractivity contribution < 1.29 is 4.79 Å².